The summed E-state index contributed by atoms with van der Waals surface area (Å²) in [6.45, 7) is 1.69. The quantitative estimate of drug-likeness (QED) is 0.481. The minimum Gasteiger partial charge on any atom is -0.358 e. The molecule has 0 saturated carbocycles. The molecule has 1 aromatic carbocycles. The Kier molecular flexibility index (Phi) is 3.80. The largest absolute Gasteiger partial charge is 0.392 e. The number of hydrazine groups is 1. The molecule has 0 radical (unpaired) electrons. The van der Waals surface area contributed by atoms with Crippen LogP contribution in [0, 0.1) is 27.2 Å². The van der Waals surface area contributed by atoms with E-state index in [1.807, 2.05) is 0 Å². The zero-order valence-electron chi connectivity index (χ0n) is 11.0. The molecule has 0 amide bonds. The molecule has 2 rings (SSSR count). The van der Waals surface area contributed by atoms with Crippen LogP contribution in [0.2, 0.25) is 0 Å². The van der Waals surface area contributed by atoms with Crippen LogP contribution in [0.1, 0.15) is 11.1 Å². The molecular weight excluding hydrogens is 280 g/mol. The van der Waals surface area contributed by atoms with Gasteiger partial charge < -0.3 is 15.5 Å². The number of nitrogen functional groups attached to an aromatic ring is 1. The molecule has 0 atom stereocenters. The molecule has 10 nitrogen and oxygen atoms in total. The Morgan fingerprint density at radius 3 is 2.57 bits per heavy atom. The van der Waals surface area contributed by atoms with Gasteiger partial charge in [-0.1, -0.05) is 12.1 Å². The van der Waals surface area contributed by atoms with E-state index in [2.05, 4.69) is 10.5 Å². The molecule has 3 N–H and O–H groups in total. The van der Waals surface area contributed by atoms with Gasteiger partial charge in [-0.3, -0.25) is 16.0 Å². The molecule has 0 saturated heterocycles. The molecule has 0 spiro atoms. The standard InChI is InChI=1S/C11H12N6O4/c1-7-5-15(14-11(7)17(20)21)6-8-3-2-4-9(16(18)19)10(8)13-12/h2-5,13H,6,12H2,1H3. The predicted octanol–water partition coefficient (Wildman–Crippen LogP) is 1.34. The second-order valence-electron chi connectivity index (χ2n) is 4.30. The average molecular weight is 292 g/mol. The zero-order valence-corrected chi connectivity index (χ0v) is 11.0. The first-order valence-corrected chi connectivity index (χ1v) is 5.85. The molecule has 2 aromatic rings. The van der Waals surface area contributed by atoms with Gasteiger partial charge in [-0.15, -0.1) is 0 Å². The summed E-state index contributed by atoms with van der Waals surface area (Å²) < 4.78 is 1.34. The normalized spacial score (nSPS) is 10.4. The Balaban J connectivity index is 2.40. The fourth-order valence-corrected chi connectivity index (χ4v) is 1.98. The third-order valence-corrected chi connectivity index (χ3v) is 2.89. The molecular formula is C11H12N6O4. The van der Waals surface area contributed by atoms with Gasteiger partial charge in [-0.2, -0.15) is 4.68 Å². The van der Waals surface area contributed by atoms with Crippen molar-refractivity contribution in [3.8, 4) is 0 Å². The van der Waals surface area contributed by atoms with E-state index < -0.39 is 9.85 Å². The number of anilines is 1. The van der Waals surface area contributed by atoms with Crippen molar-refractivity contribution in [2.45, 2.75) is 13.5 Å². The number of nitrogens with zero attached hydrogens (tertiary/aromatic N) is 4. The van der Waals surface area contributed by atoms with Crippen LogP contribution in [-0.4, -0.2) is 19.6 Å². The molecule has 21 heavy (non-hydrogen) atoms. The first-order valence-electron chi connectivity index (χ1n) is 5.85. The lowest BCUT2D eigenvalue weighted by atomic mass is 10.1. The highest BCUT2D eigenvalue weighted by atomic mass is 16.6. The smallest absolute Gasteiger partial charge is 0.358 e. The topological polar surface area (TPSA) is 142 Å². The molecule has 1 aromatic heterocycles. The lowest BCUT2D eigenvalue weighted by Crippen LogP contribution is -2.13. The van der Waals surface area contributed by atoms with Crippen molar-refractivity contribution in [3.05, 3.63) is 55.8 Å². The minimum atomic E-state index is -0.582. The van der Waals surface area contributed by atoms with E-state index in [0.717, 1.165) is 0 Å². The number of hydrogen-bond acceptors (Lipinski definition) is 7. The number of nitro benzene ring substituents is 1. The molecule has 0 aliphatic heterocycles. The number of hydrogen-bond donors (Lipinski definition) is 2. The van der Waals surface area contributed by atoms with Gasteiger partial charge >= 0.3 is 5.82 Å². The maximum absolute atomic E-state index is 10.9. The highest BCUT2D eigenvalue weighted by Gasteiger charge is 2.20. The summed E-state index contributed by atoms with van der Waals surface area (Å²) in [4.78, 5) is 20.6. The van der Waals surface area contributed by atoms with Gasteiger partial charge in [0.1, 0.15) is 5.69 Å². The van der Waals surface area contributed by atoms with Crippen molar-refractivity contribution in [1.82, 2.24) is 9.78 Å². The highest BCUT2D eigenvalue weighted by Crippen LogP contribution is 2.28. The Morgan fingerprint density at radius 1 is 1.33 bits per heavy atom. The molecule has 0 aliphatic rings. The number of rotatable bonds is 5. The number of nitrogens with one attached hydrogen (secondary N) is 1. The van der Waals surface area contributed by atoms with Gasteiger partial charge in [-0.25, -0.2) is 0 Å². The van der Waals surface area contributed by atoms with Crippen molar-refractivity contribution in [3.63, 3.8) is 0 Å². The van der Waals surface area contributed by atoms with Gasteiger partial charge in [-0.05, 0) is 11.8 Å². The molecule has 1 heterocycles. The van der Waals surface area contributed by atoms with Crippen molar-refractivity contribution < 1.29 is 9.85 Å². The number of nitro groups is 2. The van der Waals surface area contributed by atoms with Gasteiger partial charge in [0, 0.05) is 11.6 Å². The van der Waals surface area contributed by atoms with Crippen LogP contribution < -0.4 is 11.3 Å². The first-order chi connectivity index (χ1) is 9.93. The number of aromatic nitrogens is 2. The summed E-state index contributed by atoms with van der Waals surface area (Å²) in [5.74, 6) is 5.09. The van der Waals surface area contributed by atoms with Crippen LogP contribution in [0.5, 0.6) is 0 Å². The fraction of sp³-hybridized carbons (Fsp3) is 0.182. The van der Waals surface area contributed by atoms with E-state index in [1.165, 1.54) is 23.0 Å². The van der Waals surface area contributed by atoms with Crippen LogP contribution in [0.3, 0.4) is 0 Å². The Hall–Kier alpha value is -3.01. The third-order valence-electron chi connectivity index (χ3n) is 2.89. The predicted molar refractivity (Wildman–Crippen MR) is 73.6 cm³/mol. The maximum Gasteiger partial charge on any atom is 0.392 e. The van der Waals surface area contributed by atoms with Crippen LogP contribution in [0.25, 0.3) is 0 Å². The minimum absolute atomic E-state index is 0.121. The van der Waals surface area contributed by atoms with Crippen LogP contribution in [0.15, 0.2) is 24.4 Å². The first kappa shape index (κ1) is 14.4. The molecule has 0 fully saturated rings. The van der Waals surface area contributed by atoms with Crippen LogP contribution in [-0.2, 0) is 6.54 Å². The third kappa shape index (κ3) is 2.79. The van der Waals surface area contributed by atoms with Gasteiger partial charge in [0.15, 0.2) is 0 Å². The summed E-state index contributed by atoms with van der Waals surface area (Å²) in [6.07, 6.45) is 1.50. The van der Waals surface area contributed by atoms with Crippen molar-refractivity contribution >= 4 is 17.2 Å². The molecule has 0 bridgehead atoms. The lowest BCUT2D eigenvalue weighted by molar-refractivity contribution is -0.390. The maximum atomic E-state index is 10.9. The fourth-order valence-electron chi connectivity index (χ4n) is 1.98. The molecule has 110 valence electrons. The molecule has 10 heteroatoms. The van der Waals surface area contributed by atoms with E-state index in [9.17, 15) is 20.2 Å². The number of para-hydroxylation sites is 1. The number of aryl methyl sites for hydroxylation is 1. The summed E-state index contributed by atoms with van der Waals surface area (Å²) >= 11 is 0. The van der Waals surface area contributed by atoms with E-state index in [4.69, 9.17) is 5.84 Å². The molecule has 0 aliphatic carbocycles. The van der Waals surface area contributed by atoms with E-state index in [1.54, 1.807) is 13.0 Å². The second kappa shape index (κ2) is 5.54. The van der Waals surface area contributed by atoms with Crippen LogP contribution in [0.4, 0.5) is 17.2 Å². The highest BCUT2D eigenvalue weighted by molar-refractivity contribution is 5.65. The Bertz CT molecular complexity index is 711. The SMILES string of the molecule is Cc1cn(Cc2cccc([N+](=O)[O-])c2NN)nc1[N+](=O)[O-]. The number of nitrogens with two attached hydrogens (primary N) is 1. The summed E-state index contributed by atoms with van der Waals surface area (Å²) in [6, 6.07) is 4.46. The summed E-state index contributed by atoms with van der Waals surface area (Å²) in [7, 11) is 0. The monoisotopic (exact) mass is 292 g/mol. The van der Waals surface area contributed by atoms with Crippen LogP contribution >= 0.6 is 0 Å². The Labute approximate surface area is 118 Å². The Morgan fingerprint density at radius 2 is 2.05 bits per heavy atom. The van der Waals surface area contributed by atoms with E-state index in [-0.39, 0.29) is 23.7 Å². The van der Waals surface area contributed by atoms with E-state index >= 15 is 0 Å². The average Bonchev–Trinajstić information content (AvgIpc) is 2.79. The van der Waals surface area contributed by atoms with Crippen molar-refractivity contribution in [2.24, 2.45) is 5.84 Å². The van der Waals surface area contributed by atoms with Gasteiger partial charge in [0.2, 0.25) is 0 Å². The van der Waals surface area contributed by atoms with Crippen molar-refractivity contribution in [2.75, 3.05) is 5.43 Å². The lowest BCUT2D eigenvalue weighted by Gasteiger charge is -2.07. The second-order valence-corrected chi connectivity index (χ2v) is 4.30. The van der Waals surface area contributed by atoms with Crippen molar-refractivity contribution in [1.29, 1.82) is 0 Å². The molecule has 0 unspecified atom stereocenters. The van der Waals surface area contributed by atoms with E-state index in [0.29, 0.717) is 11.1 Å². The van der Waals surface area contributed by atoms with Gasteiger partial charge in [0.25, 0.3) is 5.69 Å². The number of benzene rings is 1. The van der Waals surface area contributed by atoms with Gasteiger partial charge in [0.05, 0.1) is 28.3 Å². The zero-order chi connectivity index (χ0) is 15.6. The summed E-state index contributed by atoms with van der Waals surface area (Å²) in [5, 5.41) is 25.5. The summed E-state index contributed by atoms with van der Waals surface area (Å²) in [5.41, 5.74) is 3.19.